The Morgan fingerprint density at radius 2 is 2.38 bits per heavy atom. The SMILES string of the molecule is N=[N+]([O-])CCC(N)=O. The fourth-order valence-electron chi connectivity index (χ4n) is 0.212. The van der Waals surface area contributed by atoms with E-state index in [4.69, 9.17) is 5.53 Å². The fourth-order valence-corrected chi connectivity index (χ4v) is 0.212. The van der Waals surface area contributed by atoms with Gasteiger partial charge >= 0.3 is 0 Å². The number of hydrogen-bond donors (Lipinski definition) is 2. The third-order valence-electron chi connectivity index (χ3n) is 0.561. The highest BCUT2D eigenvalue weighted by molar-refractivity contribution is 5.73. The first-order valence-corrected chi connectivity index (χ1v) is 2.07. The first-order valence-electron chi connectivity index (χ1n) is 2.07. The minimum absolute atomic E-state index is 0.0486. The first-order chi connectivity index (χ1) is 3.63. The van der Waals surface area contributed by atoms with E-state index in [1.165, 1.54) is 0 Å². The van der Waals surface area contributed by atoms with Gasteiger partial charge in [0.25, 0.3) is 0 Å². The predicted molar refractivity (Wildman–Crippen MR) is 25.0 cm³/mol. The molecular formula is C3H7N3O2. The Bertz CT molecular complexity index is 97.1. The molecule has 0 saturated heterocycles. The smallest absolute Gasteiger partial charge is 0.223 e. The molecule has 0 atom stereocenters. The number of primary amides is 1. The van der Waals surface area contributed by atoms with Crippen molar-refractivity contribution in [2.24, 2.45) is 5.73 Å². The minimum Gasteiger partial charge on any atom is -0.600 e. The van der Waals surface area contributed by atoms with Crippen LogP contribution < -0.4 is 5.73 Å². The van der Waals surface area contributed by atoms with Crippen molar-refractivity contribution in [3.05, 3.63) is 5.21 Å². The van der Waals surface area contributed by atoms with E-state index in [-0.39, 0.29) is 17.8 Å². The molecule has 8 heavy (non-hydrogen) atoms. The van der Waals surface area contributed by atoms with E-state index in [0.29, 0.717) is 0 Å². The second kappa shape index (κ2) is 2.95. The van der Waals surface area contributed by atoms with Gasteiger partial charge in [-0.25, -0.2) is 0 Å². The maximum Gasteiger partial charge on any atom is 0.223 e. The van der Waals surface area contributed by atoms with Gasteiger partial charge in [-0.2, -0.15) is 0 Å². The standard InChI is InChI=1S/C3H7N3O2/c4-3(7)1-2-6(5)8/h5H,1-2H2,(H2,4,7). The molecule has 0 fully saturated rings. The molecule has 1 amide bonds. The van der Waals surface area contributed by atoms with E-state index in [2.05, 4.69) is 5.73 Å². The van der Waals surface area contributed by atoms with Crippen molar-refractivity contribution in [3.63, 3.8) is 0 Å². The van der Waals surface area contributed by atoms with Gasteiger partial charge in [-0.3, -0.25) is 4.79 Å². The number of amides is 1. The zero-order chi connectivity index (χ0) is 6.57. The zero-order valence-corrected chi connectivity index (χ0v) is 4.26. The van der Waals surface area contributed by atoms with Gasteiger partial charge in [-0.15, -0.1) is 0 Å². The summed E-state index contributed by atoms with van der Waals surface area (Å²) in [5.74, 6) is -0.557. The molecule has 0 rings (SSSR count). The number of carbonyl (C=O) groups is 1. The van der Waals surface area contributed by atoms with Crippen LogP contribution in [0.1, 0.15) is 6.42 Å². The van der Waals surface area contributed by atoms with Crippen LogP contribution in [0.15, 0.2) is 0 Å². The Morgan fingerprint density at radius 1 is 1.88 bits per heavy atom. The van der Waals surface area contributed by atoms with Gasteiger partial charge in [0.2, 0.25) is 5.91 Å². The quantitative estimate of drug-likeness (QED) is 0.293. The van der Waals surface area contributed by atoms with Crippen molar-refractivity contribution < 1.29 is 9.66 Å². The van der Waals surface area contributed by atoms with E-state index in [1.54, 1.807) is 0 Å². The summed E-state index contributed by atoms with van der Waals surface area (Å²) in [7, 11) is 0. The molecule has 0 aromatic carbocycles. The zero-order valence-electron chi connectivity index (χ0n) is 4.26. The maximum atomic E-state index is 9.88. The summed E-state index contributed by atoms with van der Waals surface area (Å²) in [5, 5.41) is 9.72. The molecule has 0 aliphatic rings. The molecule has 46 valence electrons. The Hall–Kier alpha value is -1.13. The number of nitrogens with two attached hydrogens (primary N) is 1. The molecule has 0 aliphatic carbocycles. The van der Waals surface area contributed by atoms with Crippen molar-refractivity contribution in [1.29, 1.82) is 5.53 Å². The molecule has 0 saturated carbocycles. The van der Waals surface area contributed by atoms with E-state index in [1.807, 2.05) is 0 Å². The molecule has 0 unspecified atom stereocenters. The summed E-state index contributed by atoms with van der Waals surface area (Å²) >= 11 is 0. The third-order valence-corrected chi connectivity index (χ3v) is 0.561. The Labute approximate surface area is 46.2 Å². The number of hydroxylamine groups is 1. The number of hydrogen-bond acceptors (Lipinski definition) is 3. The average molecular weight is 117 g/mol. The molecule has 0 spiro atoms. The van der Waals surface area contributed by atoms with Gasteiger partial charge in [0.15, 0.2) is 6.54 Å². The highest BCUT2D eigenvalue weighted by Gasteiger charge is 1.96. The molecule has 5 heteroatoms. The molecule has 0 heterocycles. The van der Waals surface area contributed by atoms with Gasteiger partial charge in [0, 0.05) is 0 Å². The van der Waals surface area contributed by atoms with Crippen LogP contribution in [-0.4, -0.2) is 17.3 Å². The van der Waals surface area contributed by atoms with Crippen LogP contribution in [-0.2, 0) is 4.79 Å². The third kappa shape index (κ3) is 4.87. The van der Waals surface area contributed by atoms with Crippen LogP contribution in [0.5, 0.6) is 0 Å². The largest absolute Gasteiger partial charge is 0.600 e. The van der Waals surface area contributed by atoms with Crippen molar-refractivity contribution in [3.8, 4) is 0 Å². The lowest BCUT2D eigenvalue weighted by molar-refractivity contribution is -0.550. The molecule has 0 radical (unpaired) electrons. The second-order valence-electron chi connectivity index (χ2n) is 1.32. The van der Waals surface area contributed by atoms with Crippen LogP contribution in [0.25, 0.3) is 0 Å². The highest BCUT2D eigenvalue weighted by atomic mass is 16.5. The lowest BCUT2D eigenvalue weighted by Gasteiger charge is -1.92. The molecular weight excluding hydrogens is 110 g/mol. The lowest BCUT2D eigenvalue weighted by Crippen LogP contribution is -2.15. The van der Waals surface area contributed by atoms with Gasteiger partial charge in [-0.1, -0.05) is 4.86 Å². The number of rotatable bonds is 3. The van der Waals surface area contributed by atoms with Crippen LogP contribution in [0.3, 0.4) is 0 Å². The first kappa shape index (κ1) is 6.87. The predicted octanol–water partition coefficient (Wildman–Crippen LogP) is -0.597. The number of nitrogens with one attached hydrogen (secondary N) is 1. The monoisotopic (exact) mass is 117 g/mol. The minimum atomic E-state index is -0.557. The normalized spacial score (nSPS) is 8.50. The van der Waals surface area contributed by atoms with Crippen molar-refractivity contribution in [2.45, 2.75) is 6.42 Å². The Kier molecular flexibility index (Phi) is 2.53. The summed E-state index contributed by atoms with van der Waals surface area (Å²) in [6, 6.07) is 0. The van der Waals surface area contributed by atoms with Gasteiger partial charge in [0.1, 0.15) is 0 Å². The topological polar surface area (TPSA) is 93.0 Å². The molecule has 0 aromatic rings. The highest BCUT2D eigenvalue weighted by Crippen LogP contribution is 1.75. The van der Waals surface area contributed by atoms with E-state index in [0.717, 1.165) is 0 Å². The number of nitrogens with zero attached hydrogens (tertiary/aromatic N) is 1. The number of carbonyl (C=O) groups excluding carboxylic acids is 1. The molecule has 0 bridgehead atoms. The van der Waals surface area contributed by atoms with E-state index in [9.17, 15) is 10.0 Å². The summed E-state index contributed by atoms with van der Waals surface area (Å²) in [6.07, 6.45) is -0.0486. The maximum absolute atomic E-state index is 9.88. The summed E-state index contributed by atoms with van der Waals surface area (Å²) < 4.78 is 0. The van der Waals surface area contributed by atoms with E-state index < -0.39 is 5.91 Å². The van der Waals surface area contributed by atoms with Crippen LogP contribution in [0.2, 0.25) is 0 Å². The van der Waals surface area contributed by atoms with Crippen LogP contribution in [0, 0.1) is 10.7 Å². The summed E-state index contributed by atoms with van der Waals surface area (Å²) in [6.45, 7) is -0.144. The summed E-state index contributed by atoms with van der Waals surface area (Å²) in [5.41, 5.74) is 10.9. The van der Waals surface area contributed by atoms with Crippen LogP contribution >= 0.6 is 0 Å². The van der Waals surface area contributed by atoms with Crippen molar-refractivity contribution in [2.75, 3.05) is 6.54 Å². The molecule has 0 aromatic heterocycles. The van der Waals surface area contributed by atoms with Gasteiger partial charge in [-0.05, 0) is 5.53 Å². The fraction of sp³-hybridized carbons (Fsp3) is 0.667. The Balaban J connectivity index is 3.18. The van der Waals surface area contributed by atoms with Crippen LogP contribution in [0.4, 0.5) is 0 Å². The molecule has 3 N–H and O–H groups in total. The Morgan fingerprint density at radius 3 is 2.50 bits per heavy atom. The van der Waals surface area contributed by atoms with Gasteiger partial charge < -0.3 is 10.9 Å². The molecule has 5 nitrogen and oxygen atoms in total. The van der Waals surface area contributed by atoms with E-state index >= 15 is 0 Å². The van der Waals surface area contributed by atoms with Crippen molar-refractivity contribution >= 4 is 5.91 Å². The van der Waals surface area contributed by atoms with Crippen molar-refractivity contribution in [1.82, 2.24) is 0 Å². The molecule has 0 aliphatic heterocycles. The lowest BCUT2D eigenvalue weighted by atomic mass is 10.4. The second-order valence-corrected chi connectivity index (χ2v) is 1.32. The average Bonchev–Trinajstić information content (AvgIpc) is 1.61. The summed E-state index contributed by atoms with van der Waals surface area (Å²) in [4.78, 5) is 9.80. The van der Waals surface area contributed by atoms with Gasteiger partial charge in [0.05, 0.1) is 6.42 Å².